The van der Waals surface area contributed by atoms with Gasteiger partial charge in [0.15, 0.2) is 5.69 Å². The molecule has 0 saturated heterocycles. The van der Waals surface area contributed by atoms with Crippen LogP contribution in [0, 0.1) is 0 Å². The number of hydrogen-bond acceptors (Lipinski definition) is 5. The molecule has 6 nitrogen and oxygen atoms in total. The van der Waals surface area contributed by atoms with E-state index in [2.05, 4.69) is 20.8 Å². The second-order valence-electron chi connectivity index (χ2n) is 3.24. The highest BCUT2D eigenvalue weighted by Crippen LogP contribution is 2.01. The highest BCUT2D eigenvalue weighted by atomic mass is 16.1. The topological polar surface area (TPSA) is 92.9 Å². The SMILES string of the molecule is CNC(=O)c1ccc(NCC(C)N)nn1. The Balaban J connectivity index is 2.60. The van der Waals surface area contributed by atoms with E-state index in [9.17, 15) is 4.79 Å². The molecule has 1 unspecified atom stereocenters. The van der Waals surface area contributed by atoms with Crippen molar-refractivity contribution in [2.24, 2.45) is 5.73 Å². The molecule has 1 heterocycles. The Bertz CT molecular complexity index is 322. The number of anilines is 1. The van der Waals surface area contributed by atoms with Crippen LogP contribution in [-0.2, 0) is 0 Å². The van der Waals surface area contributed by atoms with Crippen molar-refractivity contribution >= 4 is 11.7 Å². The lowest BCUT2D eigenvalue weighted by molar-refractivity contribution is 0.0957. The van der Waals surface area contributed by atoms with E-state index in [0.29, 0.717) is 18.1 Å². The van der Waals surface area contributed by atoms with Crippen molar-refractivity contribution in [3.05, 3.63) is 17.8 Å². The van der Waals surface area contributed by atoms with Crippen molar-refractivity contribution in [3.8, 4) is 0 Å². The van der Waals surface area contributed by atoms with E-state index in [-0.39, 0.29) is 11.9 Å². The van der Waals surface area contributed by atoms with Crippen LogP contribution in [0.1, 0.15) is 17.4 Å². The van der Waals surface area contributed by atoms with Gasteiger partial charge in [-0.25, -0.2) is 0 Å². The first-order valence-corrected chi connectivity index (χ1v) is 4.68. The fraction of sp³-hybridized carbons (Fsp3) is 0.444. The van der Waals surface area contributed by atoms with Crippen LogP contribution in [0.15, 0.2) is 12.1 Å². The van der Waals surface area contributed by atoms with Gasteiger partial charge in [-0.05, 0) is 19.1 Å². The number of rotatable bonds is 4. The van der Waals surface area contributed by atoms with E-state index in [1.165, 1.54) is 0 Å². The summed E-state index contributed by atoms with van der Waals surface area (Å²) >= 11 is 0. The maximum atomic E-state index is 11.1. The summed E-state index contributed by atoms with van der Waals surface area (Å²) in [5, 5.41) is 13.1. The van der Waals surface area contributed by atoms with Gasteiger partial charge in [0.2, 0.25) is 0 Å². The van der Waals surface area contributed by atoms with E-state index in [1.807, 2.05) is 6.92 Å². The number of nitrogens with two attached hydrogens (primary N) is 1. The summed E-state index contributed by atoms with van der Waals surface area (Å²) in [6.07, 6.45) is 0. The fourth-order valence-electron chi connectivity index (χ4n) is 0.941. The molecule has 1 rings (SSSR count). The average Bonchev–Trinajstić information content (AvgIpc) is 2.26. The standard InChI is InChI=1S/C9H15N5O/c1-6(10)5-12-8-4-3-7(13-14-8)9(15)11-2/h3-4,6H,5,10H2,1-2H3,(H,11,15)(H,12,14). The van der Waals surface area contributed by atoms with Gasteiger partial charge in [0, 0.05) is 19.6 Å². The number of nitrogens with zero attached hydrogens (tertiary/aromatic N) is 2. The average molecular weight is 209 g/mol. The molecule has 1 amide bonds. The minimum atomic E-state index is -0.249. The lowest BCUT2D eigenvalue weighted by Crippen LogP contribution is -2.26. The molecule has 82 valence electrons. The number of nitrogens with one attached hydrogen (secondary N) is 2. The Labute approximate surface area is 88.3 Å². The minimum absolute atomic E-state index is 0.0467. The first-order chi connectivity index (χ1) is 7.13. The Kier molecular flexibility index (Phi) is 3.99. The summed E-state index contributed by atoms with van der Waals surface area (Å²) < 4.78 is 0. The predicted molar refractivity (Wildman–Crippen MR) is 57.6 cm³/mol. The number of carbonyl (C=O) groups excluding carboxylic acids is 1. The van der Waals surface area contributed by atoms with Crippen molar-refractivity contribution in [1.82, 2.24) is 15.5 Å². The zero-order chi connectivity index (χ0) is 11.3. The molecule has 0 aliphatic rings. The smallest absolute Gasteiger partial charge is 0.271 e. The van der Waals surface area contributed by atoms with Crippen LogP contribution < -0.4 is 16.4 Å². The molecule has 0 saturated carbocycles. The van der Waals surface area contributed by atoms with E-state index < -0.39 is 0 Å². The maximum absolute atomic E-state index is 11.1. The molecule has 0 fully saturated rings. The second-order valence-corrected chi connectivity index (χ2v) is 3.24. The van der Waals surface area contributed by atoms with Gasteiger partial charge in [-0.3, -0.25) is 4.79 Å². The number of hydrogen-bond donors (Lipinski definition) is 3. The summed E-state index contributed by atoms with van der Waals surface area (Å²) in [5.74, 6) is 0.362. The summed E-state index contributed by atoms with van der Waals surface area (Å²) in [4.78, 5) is 11.1. The van der Waals surface area contributed by atoms with Gasteiger partial charge >= 0.3 is 0 Å². The number of aromatic nitrogens is 2. The molecule has 15 heavy (non-hydrogen) atoms. The fourth-order valence-corrected chi connectivity index (χ4v) is 0.941. The van der Waals surface area contributed by atoms with Gasteiger partial charge in [0.1, 0.15) is 5.82 Å². The van der Waals surface area contributed by atoms with Crippen LogP contribution in [0.25, 0.3) is 0 Å². The molecular weight excluding hydrogens is 194 g/mol. The van der Waals surface area contributed by atoms with Gasteiger partial charge < -0.3 is 16.4 Å². The normalized spacial score (nSPS) is 11.9. The molecule has 1 aromatic heterocycles. The van der Waals surface area contributed by atoms with Crippen LogP contribution in [0.4, 0.5) is 5.82 Å². The summed E-state index contributed by atoms with van der Waals surface area (Å²) in [6, 6.07) is 3.35. The molecule has 0 spiro atoms. The van der Waals surface area contributed by atoms with Gasteiger partial charge in [0.05, 0.1) is 0 Å². The Morgan fingerprint density at radius 3 is 2.73 bits per heavy atom. The largest absolute Gasteiger partial charge is 0.367 e. The van der Waals surface area contributed by atoms with E-state index in [1.54, 1.807) is 19.2 Å². The highest BCUT2D eigenvalue weighted by Gasteiger charge is 2.05. The van der Waals surface area contributed by atoms with Gasteiger partial charge in [-0.2, -0.15) is 0 Å². The predicted octanol–water partition coefficient (Wildman–Crippen LogP) is -0.405. The first kappa shape index (κ1) is 11.4. The van der Waals surface area contributed by atoms with Crippen molar-refractivity contribution in [3.63, 3.8) is 0 Å². The molecule has 1 atom stereocenters. The molecular formula is C9H15N5O. The second kappa shape index (κ2) is 5.26. The van der Waals surface area contributed by atoms with Gasteiger partial charge in [-0.15, -0.1) is 10.2 Å². The molecule has 0 aliphatic carbocycles. The summed E-state index contributed by atoms with van der Waals surface area (Å²) in [6.45, 7) is 2.51. The van der Waals surface area contributed by atoms with Gasteiger partial charge in [0.25, 0.3) is 5.91 Å². The lowest BCUT2D eigenvalue weighted by atomic mass is 10.3. The molecule has 6 heteroatoms. The minimum Gasteiger partial charge on any atom is -0.367 e. The lowest BCUT2D eigenvalue weighted by Gasteiger charge is -2.07. The van der Waals surface area contributed by atoms with Crippen LogP contribution in [0.3, 0.4) is 0 Å². The third-order valence-corrected chi connectivity index (χ3v) is 1.73. The third-order valence-electron chi connectivity index (χ3n) is 1.73. The third kappa shape index (κ3) is 3.51. The summed E-state index contributed by atoms with van der Waals surface area (Å²) in [5.41, 5.74) is 5.86. The number of carbonyl (C=O) groups is 1. The van der Waals surface area contributed by atoms with E-state index >= 15 is 0 Å². The Morgan fingerprint density at radius 2 is 2.27 bits per heavy atom. The van der Waals surface area contributed by atoms with Crippen LogP contribution in [0.5, 0.6) is 0 Å². The Hall–Kier alpha value is -1.69. The highest BCUT2D eigenvalue weighted by molar-refractivity contribution is 5.91. The molecule has 0 aromatic carbocycles. The monoisotopic (exact) mass is 209 g/mol. The van der Waals surface area contributed by atoms with Crippen LogP contribution >= 0.6 is 0 Å². The zero-order valence-electron chi connectivity index (χ0n) is 8.82. The molecule has 0 radical (unpaired) electrons. The van der Waals surface area contributed by atoms with E-state index in [4.69, 9.17) is 5.73 Å². The number of amides is 1. The Morgan fingerprint density at radius 1 is 1.53 bits per heavy atom. The van der Waals surface area contributed by atoms with Crippen molar-refractivity contribution in [2.75, 3.05) is 18.9 Å². The van der Waals surface area contributed by atoms with Crippen molar-refractivity contribution < 1.29 is 4.79 Å². The zero-order valence-corrected chi connectivity index (χ0v) is 8.82. The van der Waals surface area contributed by atoms with Gasteiger partial charge in [-0.1, -0.05) is 0 Å². The maximum Gasteiger partial charge on any atom is 0.271 e. The summed E-state index contributed by atoms with van der Waals surface area (Å²) in [7, 11) is 1.55. The van der Waals surface area contributed by atoms with Crippen LogP contribution in [-0.4, -0.2) is 35.7 Å². The molecule has 0 bridgehead atoms. The quantitative estimate of drug-likeness (QED) is 0.627. The van der Waals surface area contributed by atoms with Crippen molar-refractivity contribution in [2.45, 2.75) is 13.0 Å². The first-order valence-electron chi connectivity index (χ1n) is 4.68. The van der Waals surface area contributed by atoms with E-state index in [0.717, 1.165) is 0 Å². The molecule has 1 aromatic rings. The van der Waals surface area contributed by atoms with Crippen molar-refractivity contribution in [1.29, 1.82) is 0 Å². The molecule has 0 aliphatic heterocycles. The van der Waals surface area contributed by atoms with Crippen LogP contribution in [0.2, 0.25) is 0 Å². The molecule has 4 N–H and O–H groups in total.